The molecule has 1 aromatic rings. The molecule has 0 radical (unpaired) electrons. The van der Waals surface area contributed by atoms with Crippen molar-refractivity contribution in [2.75, 3.05) is 13.1 Å². The zero-order valence-corrected chi connectivity index (χ0v) is 12.3. The van der Waals surface area contributed by atoms with Crippen molar-refractivity contribution < 1.29 is 8.78 Å². The van der Waals surface area contributed by atoms with E-state index in [-0.39, 0.29) is 17.6 Å². The number of hydrogen-bond donors (Lipinski definition) is 1. The van der Waals surface area contributed by atoms with Crippen molar-refractivity contribution in [1.29, 1.82) is 0 Å². The highest BCUT2D eigenvalue weighted by Crippen LogP contribution is 2.38. The van der Waals surface area contributed by atoms with Gasteiger partial charge in [-0.05, 0) is 56.3 Å². The quantitative estimate of drug-likeness (QED) is 0.613. The minimum absolute atomic E-state index is 0.0167. The maximum atomic E-state index is 14.1. The van der Waals surface area contributed by atoms with Crippen LogP contribution in [0.4, 0.5) is 8.78 Å². The van der Waals surface area contributed by atoms with Crippen LogP contribution in [0, 0.1) is 17.6 Å². The zero-order chi connectivity index (χ0) is 14.4. The van der Waals surface area contributed by atoms with Gasteiger partial charge in [-0.15, -0.1) is 0 Å². The molecule has 1 nitrogen and oxygen atoms in total. The molecule has 1 aliphatic carbocycles. The van der Waals surface area contributed by atoms with Crippen molar-refractivity contribution in [1.82, 2.24) is 5.32 Å². The first-order valence-corrected chi connectivity index (χ1v) is 7.88. The first kappa shape index (κ1) is 15.4. The van der Waals surface area contributed by atoms with Gasteiger partial charge in [-0.1, -0.05) is 32.3 Å². The van der Waals surface area contributed by atoms with E-state index >= 15 is 0 Å². The first-order chi connectivity index (χ1) is 9.74. The van der Waals surface area contributed by atoms with E-state index in [1.54, 1.807) is 0 Å². The molecule has 2 unspecified atom stereocenters. The van der Waals surface area contributed by atoms with Crippen LogP contribution in [0.15, 0.2) is 18.2 Å². The SMILES string of the molecule is CCCNCC1CCCCCC1c1c(F)cccc1F. The van der Waals surface area contributed by atoms with Gasteiger partial charge in [0.05, 0.1) is 0 Å². The minimum atomic E-state index is -0.377. The molecule has 2 rings (SSSR count). The van der Waals surface area contributed by atoms with Gasteiger partial charge in [-0.3, -0.25) is 0 Å². The summed E-state index contributed by atoms with van der Waals surface area (Å²) >= 11 is 0. The van der Waals surface area contributed by atoms with Crippen molar-refractivity contribution in [3.8, 4) is 0 Å². The fraction of sp³-hybridized carbons (Fsp3) is 0.647. The standard InChI is InChI=1S/C17H25F2N/c1-2-11-20-12-13-7-4-3-5-8-14(13)17-15(18)9-6-10-16(17)19/h6,9-10,13-14,20H,2-5,7-8,11-12H2,1H3. The van der Waals surface area contributed by atoms with Crippen LogP contribution < -0.4 is 5.32 Å². The summed E-state index contributed by atoms with van der Waals surface area (Å²) in [5.41, 5.74) is 0.317. The van der Waals surface area contributed by atoms with Gasteiger partial charge in [0, 0.05) is 5.56 Å². The molecule has 112 valence electrons. The Morgan fingerprint density at radius 2 is 1.80 bits per heavy atom. The van der Waals surface area contributed by atoms with Crippen LogP contribution in [0.2, 0.25) is 0 Å². The minimum Gasteiger partial charge on any atom is -0.316 e. The molecule has 1 saturated carbocycles. The molecular weight excluding hydrogens is 256 g/mol. The average molecular weight is 281 g/mol. The van der Waals surface area contributed by atoms with Crippen molar-refractivity contribution in [2.45, 2.75) is 51.4 Å². The molecule has 0 heterocycles. The fourth-order valence-corrected chi connectivity index (χ4v) is 3.34. The zero-order valence-electron chi connectivity index (χ0n) is 12.3. The Labute approximate surface area is 120 Å². The number of benzene rings is 1. The lowest BCUT2D eigenvalue weighted by molar-refractivity contribution is 0.357. The third kappa shape index (κ3) is 3.78. The van der Waals surface area contributed by atoms with Gasteiger partial charge in [0.15, 0.2) is 0 Å². The van der Waals surface area contributed by atoms with Crippen molar-refractivity contribution in [3.63, 3.8) is 0 Å². The molecule has 3 heteroatoms. The number of rotatable bonds is 5. The van der Waals surface area contributed by atoms with Crippen LogP contribution >= 0.6 is 0 Å². The second kappa shape index (κ2) is 7.72. The maximum absolute atomic E-state index is 14.1. The molecule has 0 amide bonds. The highest BCUT2D eigenvalue weighted by Gasteiger charge is 2.29. The summed E-state index contributed by atoms with van der Waals surface area (Å²) in [6.07, 6.45) is 6.47. The number of hydrogen-bond acceptors (Lipinski definition) is 1. The summed E-state index contributed by atoms with van der Waals surface area (Å²) in [6.45, 7) is 3.98. The highest BCUT2D eigenvalue weighted by atomic mass is 19.1. The average Bonchev–Trinajstić information content (AvgIpc) is 2.65. The molecule has 20 heavy (non-hydrogen) atoms. The molecule has 1 N–H and O–H groups in total. The monoisotopic (exact) mass is 281 g/mol. The van der Waals surface area contributed by atoms with Gasteiger partial charge in [0.2, 0.25) is 0 Å². The summed E-state index contributed by atoms with van der Waals surface area (Å²) in [5.74, 6) is -0.395. The number of halogens is 2. The molecule has 0 spiro atoms. The van der Waals surface area contributed by atoms with Gasteiger partial charge in [-0.25, -0.2) is 8.78 Å². The summed E-state index contributed by atoms with van der Waals surface area (Å²) < 4.78 is 28.1. The van der Waals surface area contributed by atoms with E-state index in [0.29, 0.717) is 11.5 Å². The van der Waals surface area contributed by atoms with E-state index in [4.69, 9.17) is 0 Å². The molecule has 0 aromatic heterocycles. The van der Waals surface area contributed by atoms with E-state index in [0.717, 1.165) is 38.8 Å². The summed E-state index contributed by atoms with van der Waals surface area (Å²) in [6, 6.07) is 4.23. The Kier molecular flexibility index (Phi) is 5.96. The van der Waals surface area contributed by atoms with Gasteiger partial charge >= 0.3 is 0 Å². The Morgan fingerprint density at radius 3 is 2.50 bits per heavy atom. The van der Waals surface area contributed by atoms with Crippen molar-refractivity contribution >= 4 is 0 Å². The second-order valence-electron chi connectivity index (χ2n) is 5.84. The summed E-state index contributed by atoms with van der Waals surface area (Å²) in [7, 11) is 0. The largest absolute Gasteiger partial charge is 0.316 e. The van der Waals surface area contributed by atoms with Gasteiger partial charge in [0.25, 0.3) is 0 Å². The van der Waals surface area contributed by atoms with E-state index in [9.17, 15) is 8.78 Å². The topological polar surface area (TPSA) is 12.0 Å². The molecule has 1 fully saturated rings. The van der Waals surface area contributed by atoms with E-state index in [1.807, 2.05) is 0 Å². The van der Waals surface area contributed by atoms with Gasteiger partial charge < -0.3 is 5.32 Å². The second-order valence-corrected chi connectivity index (χ2v) is 5.84. The van der Waals surface area contributed by atoms with Gasteiger partial charge in [-0.2, -0.15) is 0 Å². The van der Waals surface area contributed by atoms with Crippen molar-refractivity contribution in [2.24, 2.45) is 5.92 Å². The third-order valence-electron chi connectivity index (χ3n) is 4.36. The Bertz CT molecular complexity index is 399. The molecule has 1 aliphatic rings. The van der Waals surface area contributed by atoms with Crippen LogP contribution in [-0.4, -0.2) is 13.1 Å². The fourth-order valence-electron chi connectivity index (χ4n) is 3.34. The lowest BCUT2D eigenvalue weighted by atomic mass is 9.82. The van der Waals surface area contributed by atoms with Gasteiger partial charge in [0.1, 0.15) is 11.6 Å². The van der Waals surface area contributed by atoms with Crippen LogP contribution in [0.3, 0.4) is 0 Å². The summed E-state index contributed by atoms with van der Waals surface area (Å²) in [5, 5.41) is 3.43. The lowest BCUT2D eigenvalue weighted by Crippen LogP contribution is -2.28. The molecule has 0 bridgehead atoms. The van der Waals surface area contributed by atoms with E-state index < -0.39 is 0 Å². The predicted octanol–water partition coefficient (Wildman–Crippen LogP) is 4.63. The molecule has 0 saturated heterocycles. The third-order valence-corrected chi connectivity index (χ3v) is 4.36. The predicted molar refractivity (Wildman–Crippen MR) is 78.8 cm³/mol. The maximum Gasteiger partial charge on any atom is 0.129 e. The Hall–Kier alpha value is -0.960. The van der Waals surface area contributed by atoms with Crippen LogP contribution in [0.1, 0.15) is 56.9 Å². The smallest absolute Gasteiger partial charge is 0.129 e. The molecule has 1 aromatic carbocycles. The van der Waals surface area contributed by atoms with Crippen molar-refractivity contribution in [3.05, 3.63) is 35.4 Å². The Balaban J connectivity index is 2.19. The Morgan fingerprint density at radius 1 is 1.10 bits per heavy atom. The van der Waals surface area contributed by atoms with E-state index in [2.05, 4.69) is 12.2 Å². The number of nitrogens with one attached hydrogen (secondary N) is 1. The molecular formula is C17H25F2N. The molecule has 2 atom stereocenters. The van der Waals surface area contributed by atoms with E-state index in [1.165, 1.54) is 31.0 Å². The lowest BCUT2D eigenvalue weighted by Gasteiger charge is -2.26. The normalized spacial score (nSPS) is 23.6. The van der Waals surface area contributed by atoms with Crippen LogP contribution in [-0.2, 0) is 0 Å². The van der Waals surface area contributed by atoms with Crippen LogP contribution in [0.5, 0.6) is 0 Å². The van der Waals surface area contributed by atoms with Crippen LogP contribution in [0.25, 0.3) is 0 Å². The highest BCUT2D eigenvalue weighted by molar-refractivity contribution is 5.25. The summed E-state index contributed by atoms with van der Waals surface area (Å²) in [4.78, 5) is 0. The first-order valence-electron chi connectivity index (χ1n) is 7.88. The molecule has 0 aliphatic heterocycles.